The lowest BCUT2D eigenvalue weighted by atomic mass is 10.1. The van der Waals surface area contributed by atoms with Crippen LogP contribution >= 0.6 is 0 Å². The maximum atomic E-state index is 10.3. The van der Waals surface area contributed by atoms with Gasteiger partial charge in [-0.25, -0.2) is 9.59 Å². The minimum atomic E-state index is -1.06. The molecule has 0 saturated heterocycles. The Hall–Kier alpha value is -2.90. The molecule has 0 aromatic heterocycles. The van der Waals surface area contributed by atoms with Gasteiger partial charge in [-0.1, -0.05) is 0 Å². The van der Waals surface area contributed by atoms with Crippen molar-refractivity contribution in [2.24, 2.45) is 0 Å². The first kappa shape index (κ1) is 23.4. The summed E-state index contributed by atoms with van der Waals surface area (Å²) < 4.78 is 0. The average molecular weight is 340 g/mol. The zero-order chi connectivity index (χ0) is 19.4. The summed E-state index contributed by atoms with van der Waals surface area (Å²) in [6.45, 7) is 3.06. The van der Waals surface area contributed by atoms with Gasteiger partial charge in [-0.15, -0.1) is 0 Å². The van der Waals surface area contributed by atoms with E-state index < -0.39 is 11.9 Å². The van der Waals surface area contributed by atoms with E-state index >= 15 is 0 Å². The van der Waals surface area contributed by atoms with Crippen LogP contribution in [-0.2, 0) is 9.59 Å². The monoisotopic (exact) mass is 340 g/mol. The lowest BCUT2D eigenvalue weighted by Gasteiger charge is -2.02. The van der Waals surface area contributed by atoms with Gasteiger partial charge in [0.1, 0.15) is 0 Å². The zero-order valence-electron chi connectivity index (χ0n) is 14.7. The van der Waals surface area contributed by atoms with E-state index in [9.17, 15) is 19.2 Å². The topological polar surface area (TPSA) is 115 Å². The maximum absolute atomic E-state index is 10.3. The van der Waals surface area contributed by atoms with Gasteiger partial charge >= 0.3 is 11.9 Å². The van der Waals surface area contributed by atoms with Crippen LogP contribution in [0, 0.1) is 0 Å². The number of carboxylic acid groups (broad SMARTS) is 2. The lowest BCUT2D eigenvalue weighted by Crippen LogP contribution is -2.17. The van der Waals surface area contributed by atoms with Crippen LogP contribution in [0.25, 0.3) is 0 Å². The number of carboxylic acids is 2. The molecule has 0 aliphatic heterocycles. The first-order valence-electron chi connectivity index (χ1n) is 6.82. The zero-order valence-corrected chi connectivity index (χ0v) is 14.7. The van der Waals surface area contributed by atoms with Gasteiger partial charge in [0.25, 0.3) is 0 Å². The van der Waals surface area contributed by atoms with Crippen LogP contribution in [0.3, 0.4) is 0 Å². The standard InChI is InChI=1S/C8H6O4.2C4H9NO/c9-7(10)5-1-2-6(4-3-5)8(11)12;2*1-4(6)5(2)3/h1-4H,(H,9,10)(H,11,12);2*1-3H3. The molecule has 8 heteroatoms. The van der Waals surface area contributed by atoms with E-state index in [4.69, 9.17) is 10.2 Å². The molecule has 1 aromatic rings. The molecule has 24 heavy (non-hydrogen) atoms. The van der Waals surface area contributed by atoms with Crippen molar-refractivity contribution >= 4 is 23.8 Å². The number of nitrogens with zero attached hydrogens (tertiary/aromatic N) is 2. The van der Waals surface area contributed by atoms with E-state index in [0.717, 1.165) is 0 Å². The van der Waals surface area contributed by atoms with Crippen LogP contribution in [-0.4, -0.2) is 72.0 Å². The molecule has 1 rings (SSSR count). The Morgan fingerprint density at radius 2 is 0.833 bits per heavy atom. The summed E-state index contributed by atoms with van der Waals surface area (Å²) in [6.07, 6.45) is 0. The summed E-state index contributed by atoms with van der Waals surface area (Å²) in [4.78, 5) is 43.9. The summed E-state index contributed by atoms with van der Waals surface area (Å²) in [7, 11) is 6.90. The highest BCUT2D eigenvalue weighted by atomic mass is 16.4. The second-order valence-electron chi connectivity index (χ2n) is 5.01. The fraction of sp³-hybridized carbons (Fsp3) is 0.375. The normalized spacial score (nSPS) is 8.58. The molecule has 0 spiro atoms. The number of carbonyl (C=O) groups is 4. The molecule has 0 heterocycles. The number of aromatic carboxylic acids is 2. The van der Waals surface area contributed by atoms with Crippen LogP contribution in [0.2, 0.25) is 0 Å². The molecule has 0 aliphatic carbocycles. The van der Waals surface area contributed by atoms with Crippen LogP contribution in [0.1, 0.15) is 34.6 Å². The Kier molecular flexibility index (Phi) is 11.3. The summed E-state index contributed by atoms with van der Waals surface area (Å²) >= 11 is 0. The molecular formula is C16H24N2O6. The molecule has 0 fully saturated rings. The molecule has 0 bridgehead atoms. The molecular weight excluding hydrogens is 316 g/mol. The molecule has 0 aliphatic rings. The van der Waals surface area contributed by atoms with Gasteiger partial charge < -0.3 is 20.0 Å². The maximum Gasteiger partial charge on any atom is 0.335 e. The third-order valence-electron chi connectivity index (χ3n) is 2.64. The van der Waals surface area contributed by atoms with Crippen molar-refractivity contribution in [1.82, 2.24) is 9.80 Å². The Labute approximate surface area is 141 Å². The summed E-state index contributed by atoms with van der Waals surface area (Å²) in [5.74, 6) is -1.94. The highest BCUT2D eigenvalue weighted by Crippen LogP contribution is 2.03. The van der Waals surface area contributed by atoms with Gasteiger partial charge in [0, 0.05) is 42.0 Å². The fourth-order valence-electron chi connectivity index (χ4n) is 0.755. The van der Waals surface area contributed by atoms with E-state index in [1.807, 2.05) is 0 Å². The van der Waals surface area contributed by atoms with Gasteiger partial charge in [0.2, 0.25) is 11.8 Å². The third kappa shape index (κ3) is 11.7. The van der Waals surface area contributed by atoms with Gasteiger partial charge in [-0.05, 0) is 24.3 Å². The Bertz CT molecular complexity index is 513. The van der Waals surface area contributed by atoms with Crippen LogP contribution in [0.5, 0.6) is 0 Å². The molecule has 0 atom stereocenters. The predicted octanol–water partition coefficient (Wildman–Crippen LogP) is 1.27. The van der Waals surface area contributed by atoms with Crippen molar-refractivity contribution in [2.75, 3.05) is 28.2 Å². The highest BCUT2D eigenvalue weighted by Gasteiger charge is 2.04. The average Bonchev–Trinajstić information content (AvgIpc) is 2.48. The summed E-state index contributed by atoms with van der Waals surface area (Å²) in [5.41, 5.74) is 0.167. The van der Waals surface area contributed by atoms with Crippen LogP contribution < -0.4 is 0 Å². The number of hydrogen-bond donors (Lipinski definition) is 2. The lowest BCUT2D eigenvalue weighted by molar-refractivity contribution is -0.127. The van der Waals surface area contributed by atoms with E-state index in [1.54, 1.807) is 28.2 Å². The number of hydrogen-bond acceptors (Lipinski definition) is 4. The smallest absolute Gasteiger partial charge is 0.335 e. The van der Waals surface area contributed by atoms with Gasteiger partial charge in [-0.2, -0.15) is 0 Å². The van der Waals surface area contributed by atoms with Crippen molar-refractivity contribution in [2.45, 2.75) is 13.8 Å². The SMILES string of the molecule is CC(=O)N(C)C.CC(=O)N(C)C.O=C(O)c1ccc(C(=O)O)cc1. The summed E-state index contributed by atoms with van der Waals surface area (Å²) in [5, 5.41) is 16.9. The molecule has 1 aromatic carbocycles. The van der Waals surface area contributed by atoms with Gasteiger partial charge in [-0.3, -0.25) is 9.59 Å². The van der Waals surface area contributed by atoms with Crippen molar-refractivity contribution in [3.8, 4) is 0 Å². The molecule has 0 unspecified atom stereocenters. The van der Waals surface area contributed by atoms with Crippen LogP contribution in [0.15, 0.2) is 24.3 Å². The minimum Gasteiger partial charge on any atom is -0.478 e. The number of amides is 2. The van der Waals surface area contributed by atoms with E-state index in [-0.39, 0.29) is 22.9 Å². The Morgan fingerprint density at radius 3 is 0.917 bits per heavy atom. The Morgan fingerprint density at radius 1 is 0.667 bits per heavy atom. The molecule has 2 N–H and O–H groups in total. The minimum absolute atomic E-state index is 0.0833. The van der Waals surface area contributed by atoms with E-state index in [1.165, 1.54) is 47.9 Å². The second-order valence-corrected chi connectivity index (χ2v) is 5.01. The number of rotatable bonds is 2. The molecule has 0 saturated carbocycles. The fourth-order valence-corrected chi connectivity index (χ4v) is 0.755. The largest absolute Gasteiger partial charge is 0.478 e. The van der Waals surface area contributed by atoms with Crippen molar-refractivity contribution < 1.29 is 29.4 Å². The number of carbonyl (C=O) groups excluding carboxylic acids is 2. The van der Waals surface area contributed by atoms with Crippen molar-refractivity contribution in [3.05, 3.63) is 35.4 Å². The van der Waals surface area contributed by atoms with Crippen molar-refractivity contribution in [1.29, 1.82) is 0 Å². The van der Waals surface area contributed by atoms with E-state index in [0.29, 0.717) is 0 Å². The first-order chi connectivity index (χ1) is 10.9. The number of benzene rings is 1. The highest BCUT2D eigenvalue weighted by molar-refractivity contribution is 5.91. The van der Waals surface area contributed by atoms with Crippen molar-refractivity contribution in [3.63, 3.8) is 0 Å². The molecule has 2 amide bonds. The Balaban J connectivity index is 0. The quantitative estimate of drug-likeness (QED) is 0.838. The molecule has 8 nitrogen and oxygen atoms in total. The van der Waals surface area contributed by atoms with Crippen LogP contribution in [0.4, 0.5) is 0 Å². The first-order valence-corrected chi connectivity index (χ1v) is 6.82. The molecule has 0 radical (unpaired) electrons. The van der Waals surface area contributed by atoms with Gasteiger partial charge in [0.15, 0.2) is 0 Å². The predicted molar refractivity (Wildman–Crippen MR) is 89.1 cm³/mol. The molecule has 134 valence electrons. The second kappa shape index (κ2) is 11.6. The van der Waals surface area contributed by atoms with Gasteiger partial charge in [0.05, 0.1) is 11.1 Å². The van der Waals surface area contributed by atoms with E-state index in [2.05, 4.69) is 0 Å². The summed E-state index contributed by atoms with van der Waals surface area (Å²) in [6, 6.07) is 5.02. The third-order valence-corrected chi connectivity index (χ3v) is 2.64.